The van der Waals surface area contributed by atoms with E-state index < -0.39 is 5.60 Å². The van der Waals surface area contributed by atoms with Crippen molar-refractivity contribution in [1.82, 2.24) is 10.2 Å². The van der Waals surface area contributed by atoms with E-state index in [4.69, 9.17) is 0 Å². The van der Waals surface area contributed by atoms with Gasteiger partial charge in [-0.2, -0.15) is 0 Å². The maximum absolute atomic E-state index is 12.9. The van der Waals surface area contributed by atoms with Crippen LogP contribution < -0.4 is 5.32 Å². The van der Waals surface area contributed by atoms with Crippen molar-refractivity contribution in [2.45, 2.75) is 62.5 Å². The Morgan fingerprint density at radius 2 is 1.81 bits per heavy atom. The Hall–Kier alpha value is -1.43. The standard InChI is InChI=1S/C21H32N2O3/c24-17-20(11-4-5-12-20)22-16-21(26)13-7-15-23(19(21)25)14-6-10-18-8-2-1-3-9-18/h1-3,8-9,22,24,26H,4-7,10-17H2/t21-/m0/s1. The molecule has 0 unspecified atom stereocenters. The van der Waals surface area contributed by atoms with Gasteiger partial charge in [-0.25, -0.2) is 0 Å². The van der Waals surface area contributed by atoms with Crippen molar-refractivity contribution in [3.05, 3.63) is 35.9 Å². The predicted octanol–water partition coefficient (Wildman–Crippen LogP) is 1.87. The van der Waals surface area contributed by atoms with Crippen molar-refractivity contribution >= 4 is 5.91 Å². The molecule has 3 rings (SSSR count). The fraction of sp³-hybridized carbons (Fsp3) is 0.667. The molecule has 1 saturated heterocycles. The monoisotopic (exact) mass is 360 g/mol. The van der Waals surface area contributed by atoms with Crippen LogP contribution in [0, 0.1) is 0 Å². The molecule has 5 nitrogen and oxygen atoms in total. The second-order valence-corrected chi connectivity index (χ2v) is 8.02. The molecule has 1 aliphatic heterocycles. The van der Waals surface area contributed by atoms with Crippen LogP contribution in [-0.4, -0.2) is 58.4 Å². The number of nitrogens with one attached hydrogen (secondary N) is 1. The summed E-state index contributed by atoms with van der Waals surface area (Å²) < 4.78 is 0. The molecule has 0 aromatic heterocycles. The molecule has 1 amide bonds. The van der Waals surface area contributed by atoms with E-state index in [-0.39, 0.29) is 24.6 Å². The topological polar surface area (TPSA) is 72.8 Å². The molecule has 1 saturated carbocycles. The van der Waals surface area contributed by atoms with E-state index in [2.05, 4.69) is 17.4 Å². The van der Waals surface area contributed by atoms with Gasteiger partial charge in [0.05, 0.1) is 6.61 Å². The van der Waals surface area contributed by atoms with Gasteiger partial charge in [-0.15, -0.1) is 0 Å². The molecule has 2 aliphatic rings. The van der Waals surface area contributed by atoms with Crippen molar-refractivity contribution in [2.24, 2.45) is 0 Å². The Kier molecular flexibility index (Phi) is 6.33. The Morgan fingerprint density at radius 1 is 1.08 bits per heavy atom. The van der Waals surface area contributed by atoms with Gasteiger partial charge in [-0.1, -0.05) is 43.2 Å². The van der Waals surface area contributed by atoms with Crippen LogP contribution >= 0.6 is 0 Å². The summed E-state index contributed by atoms with van der Waals surface area (Å²) in [6, 6.07) is 10.3. The first-order valence-electron chi connectivity index (χ1n) is 9.99. The third-order valence-corrected chi connectivity index (χ3v) is 6.06. The number of β-amino-alcohol motifs (C(OH)–C–C–N with tert-alkyl or cyclic N) is 1. The number of aliphatic hydroxyl groups excluding tert-OH is 1. The van der Waals surface area contributed by atoms with Gasteiger partial charge in [-0.05, 0) is 44.1 Å². The minimum atomic E-state index is -1.34. The number of benzene rings is 1. The Morgan fingerprint density at radius 3 is 2.50 bits per heavy atom. The molecule has 0 spiro atoms. The van der Waals surface area contributed by atoms with E-state index in [1.54, 1.807) is 0 Å². The summed E-state index contributed by atoms with van der Waals surface area (Å²) in [6.45, 7) is 1.71. The fourth-order valence-electron chi connectivity index (χ4n) is 4.34. The highest BCUT2D eigenvalue weighted by molar-refractivity contribution is 5.86. The smallest absolute Gasteiger partial charge is 0.255 e. The molecule has 3 N–H and O–H groups in total. The number of rotatable bonds is 8. The molecule has 1 atom stereocenters. The summed E-state index contributed by atoms with van der Waals surface area (Å²) in [5.41, 5.74) is -0.374. The first kappa shape index (κ1) is 19.3. The van der Waals surface area contributed by atoms with Gasteiger partial charge >= 0.3 is 0 Å². The molecule has 5 heteroatoms. The zero-order chi connectivity index (χ0) is 18.5. The number of aliphatic hydroxyl groups is 2. The van der Waals surface area contributed by atoms with Crippen molar-refractivity contribution in [2.75, 3.05) is 26.2 Å². The van der Waals surface area contributed by atoms with Crippen LogP contribution in [-0.2, 0) is 11.2 Å². The highest BCUT2D eigenvalue weighted by Crippen LogP contribution is 2.31. The quantitative estimate of drug-likeness (QED) is 0.662. The van der Waals surface area contributed by atoms with Gasteiger partial charge in [0.25, 0.3) is 5.91 Å². The van der Waals surface area contributed by atoms with E-state index in [1.165, 1.54) is 5.56 Å². The van der Waals surface area contributed by atoms with Crippen molar-refractivity contribution in [3.63, 3.8) is 0 Å². The summed E-state index contributed by atoms with van der Waals surface area (Å²) >= 11 is 0. The fourth-order valence-corrected chi connectivity index (χ4v) is 4.34. The highest BCUT2D eigenvalue weighted by Gasteiger charge is 2.44. The molecule has 1 heterocycles. The van der Waals surface area contributed by atoms with Gasteiger partial charge in [-0.3, -0.25) is 4.79 Å². The molecular weight excluding hydrogens is 328 g/mol. The largest absolute Gasteiger partial charge is 0.394 e. The van der Waals surface area contributed by atoms with Crippen LogP contribution in [0.15, 0.2) is 30.3 Å². The second-order valence-electron chi connectivity index (χ2n) is 8.02. The number of aryl methyl sites for hydroxylation is 1. The van der Waals surface area contributed by atoms with E-state index >= 15 is 0 Å². The molecule has 26 heavy (non-hydrogen) atoms. The second kappa shape index (κ2) is 8.51. The summed E-state index contributed by atoms with van der Waals surface area (Å²) in [5.74, 6) is -0.157. The number of piperidine rings is 1. The lowest BCUT2D eigenvalue weighted by Gasteiger charge is -2.40. The lowest BCUT2D eigenvalue weighted by atomic mass is 9.89. The third kappa shape index (κ3) is 4.45. The number of hydrogen-bond acceptors (Lipinski definition) is 4. The maximum atomic E-state index is 12.9. The molecular formula is C21H32N2O3. The third-order valence-electron chi connectivity index (χ3n) is 6.06. The van der Waals surface area contributed by atoms with Crippen molar-refractivity contribution < 1.29 is 15.0 Å². The van der Waals surface area contributed by atoms with Crippen LogP contribution in [0.3, 0.4) is 0 Å². The predicted molar refractivity (Wildman–Crippen MR) is 102 cm³/mol. The zero-order valence-electron chi connectivity index (χ0n) is 15.6. The Labute approximate surface area is 156 Å². The lowest BCUT2D eigenvalue weighted by molar-refractivity contribution is -0.157. The van der Waals surface area contributed by atoms with Crippen LogP contribution in [0.2, 0.25) is 0 Å². The lowest BCUT2D eigenvalue weighted by Crippen LogP contribution is -2.61. The molecule has 1 aromatic carbocycles. The molecule has 1 aromatic rings. The van der Waals surface area contributed by atoms with Gasteiger partial charge in [0.1, 0.15) is 0 Å². The average Bonchev–Trinajstić information content (AvgIpc) is 3.14. The van der Waals surface area contributed by atoms with Crippen LogP contribution in [0.4, 0.5) is 0 Å². The number of likely N-dealkylation sites (tertiary alicyclic amines) is 1. The van der Waals surface area contributed by atoms with Gasteiger partial charge in [0.2, 0.25) is 0 Å². The molecule has 1 aliphatic carbocycles. The number of hydrogen-bond donors (Lipinski definition) is 3. The van der Waals surface area contributed by atoms with E-state index in [0.717, 1.165) is 51.5 Å². The number of amides is 1. The SMILES string of the molecule is O=C1N(CCCc2ccccc2)CCC[C@]1(O)CNC1(CO)CCCC1. The Bertz CT molecular complexity index is 586. The number of nitrogens with zero attached hydrogens (tertiary/aromatic N) is 1. The molecule has 2 fully saturated rings. The maximum Gasteiger partial charge on any atom is 0.255 e. The average molecular weight is 360 g/mol. The van der Waals surface area contributed by atoms with Gasteiger partial charge in [0.15, 0.2) is 5.60 Å². The molecule has 0 radical (unpaired) electrons. The Balaban J connectivity index is 1.52. The normalized spacial score (nSPS) is 25.6. The number of carbonyl (C=O) groups is 1. The minimum absolute atomic E-state index is 0.0675. The first-order valence-corrected chi connectivity index (χ1v) is 9.99. The zero-order valence-corrected chi connectivity index (χ0v) is 15.6. The van der Waals surface area contributed by atoms with Gasteiger partial charge < -0.3 is 20.4 Å². The summed E-state index contributed by atoms with van der Waals surface area (Å²) in [5, 5.41) is 24.0. The first-order chi connectivity index (χ1) is 12.6. The number of carbonyl (C=O) groups excluding carboxylic acids is 1. The minimum Gasteiger partial charge on any atom is -0.394 e. The highest BCUT2D eigenvalue weighted by atomic mass is 16.3. The summed E-state index contributed by atoms with van der Waals surface area (Å²) in [4.78, 5) is 14.7. The van der Waals surface area contributed by atoms with E-state index in [9.17, 15) is 15.0 Å². The summed E-state index contributed by atoms with van der Waals surface area (Å²) in [7, 11) is 0. The van der Waals surface area contributed by atoms with E-state index in [1.807, 2.05) is 23.1 Å². The van der Waals surface area contributed by atoms with Gasteiger partial charge in [0, 0.05) is 25.2 Å². The van der Waals surface area contributed by atoms with E-state index in [0.29, 0.717) is 13.0 Å². The summed E-state index contributed by atoms with van der Waals surface area (Å²) in [6.07, 6.45) is 7.16. The van der Waals surface area contributed by atoms with Crippen LogP contribution in [0.25, 0.3) is 0 Å². The van der Waals surface area contributed by atoms with Crippen LogP contribution in [0.5, 0.6) is 0 Å². The van der Waals surface area contributed by atoms with Crippen LogP contribution in [0.1, 0.15) is 50.5 Å². The van der Waals surface area contributed by atoms with Crippen molar-refractivity contribution in [1.29, 1.82) is 0 Å². The molecule has 0 bridgehead atoms. The van der Waals surface area contributed by atoms with Crippen molar-refractivity contribution in [3.8, 4) is 0 Å². The molecule has 144 valence electrons.